The van der Waals surface area contributed by atoms with E-state index in [2.05, 4.69) is 15.3 Å². The molecule has 0 bridgehead atoms. The highest BCUT2D eigenvalue weighted by atomic mass is 32.1. The van der Waals surface area contributed by atoms with Crippen LogP contribution in [0.3, 0.4) is 0 Å². The summed E-state index contributed by atoms with van der Waals surface area (Å²) in [5, 5.41) is 10.9. The predicted molar refractivity (Wildman–Crippen MR) is 79.7 cm³/mol. The molecule has 0 atom stereocenters. The van der Waals surface area contributed by atoms with E-state index in [9.17, 15) is 4.39 Å². The van der Waals surface area contributed by atoms with Crippen molar-refractivity contribution in [3.63, 3.8) is 0 Å². The van der Waals surface area contributed by atoms with Gasteiger partial charge in [-0.1, -0.05) is 12.1 Å². The number of benzene rings is 1. The maximum atomic E-state index is 13.0. The summed E-state index contributed by atoms with van der Waals surface area (Å²) in [5.74, 6) is -0.258. The Morgan fingerprint density at radius 1 is 1.29 bits per heavy atom. The van der Waals surface area contributed by atoms with Gasteiger partial charge < -0.3 is 5.73 Å². The van der Waals surface area contributed by atoms with Crippen molar-refractivity contribution >= 4 is 11.3 Å². The Bertz CT molecular complexity index is 747. The lowest BCUT2D eigenvalue weighted by Gasteiger charge is -2.01. The van der Waals surface area contributed by atoms with E-state index >= 15 is 0 Å². The van der Waals surface area contributed by atoms with E-state index in [0.29, 0.717) is 6.54 Å². The highest BCUT2D eigenvalue weighted by Gasteiger charge is 2.14. The third kappa shape index (κ3) is 2.57. The van der Waals surface area contributed by atoms with Crippen molar-refractivity contribution in [3.8, 4) is 16.4 Å². The molecule has 5 nitrogen and oxygen atoms in total. The van der Waals surface area contributed by atoms with E-state index in [0.717, 1.165) is 34.2 Å². The van der Waals surface area contributed by atoms with Gasteiger partial charge in [-0.05, 0) is 30.7 Å². The molecular weight excluding hydrogens is 289 g/mol. The molecule has 1 aromatic carbocycles. The summed E-state index contributed by atoms with van der Waals surface area (Å²) >= 11 is 1.47. The van der Waals surface area contributed by atoms with Crippen LogP contribution in [0.2, 0.25) is 0 Å². The number of hydrogen-bond donors (Lipinski definition) is 1. The number of nitrogens with two attached hydrogens (primary N) is 1. The van der Waals surface area contributed by atoms with Crippen molar-refractivity contribution in [1.82, 2.24) is 20.0 Å². The number of rotatable bonds is 4. The van der Waals surface area contributed by atoms with E-state index in [1.807, 2.05) is 12.3 Å². The van der Waals surface area contributed by atoms with Gasteiger partial charge in [-0.25, -0.2) is 9.37 Å². The monoisotopic (exact) mass is 303 g/mol. The SMILES string of the molecule is CCc1c(CN)nnn1-c1nc(-c2ccc(F)cc2)cs1. The molecule has 0 saturated carbocycles. The molecule has 0 amide bonds. The lowest BCUT2D eigenvalue weighted by molar-refractivity contribution is 0.628. The fourth-order valence-corrected chi connectivity index (χ4v) is 2.92. The molecule has 7 heteroatoms. The van der Waals surface area contributed by atoms with Crippen LogP contribution in [-0.4, -0.2) is 20.0 Å². The van der Waals surface area contributed by atoms with Crippen LogP contribution in [0, 0.1) is 5.82 Å². The first-order valence-corrected chi connectivity index (χ1v) is 7.46. The minimum atomic E-state index is -0.258. The second-order valence-electron chi connectivity index (χ2n) is 4.47. The van der Waals surface area contributed by atoms with Crippen LogP contribution < -0.4 is 5.73 Å². The number of halogens is 1. The van der Waals surface area contributed by atoms with Gasteiger partial charge in [-0.15, -0.1) is 16.4 Å². The van der Waals surface area contributed by atoms with Gasteiger partial charge in [-0.3, -0.25) is 0 Å². The zero-order valence-corrected chi connectivity index (χ0v) is 12.3. The molecule has 0 spiro atoms. The van der Waals surface area contributed by atoms with Crippen molar-refractivity contribution in [1.29, 1.82) is 0 Å². The lowest BCUT2D eigenvalue weighted by Crippen LogP contribution is -2.04. The number of thiazole rings is 1. The maximum absolute atomic E-state index is 13.0. The summed E-state index contributed by atoms with van der Waals surface area (Å²) in [6.45, 7) is 2.39. The van der Waals surface area contributed by atoms with Gasteiger partial charge in [-0.2, -0.15) is 4.68 Å². The summed E-state index contributed by atoms with van der Waals surface area (Å²) in [6, 6.07) is 6.27. The third-order valence-electron chi connectivity index (χ3n) is 3.19. The van der Waals surface area contributed by atoms with Crippen LogP contribution in [0.1, 0.15) is 18.3 Å². The molecule has 3 aromatic rings. The van der Waals surface area contributed by atoms with Crippen LogP contribution >= 0.6 is 11.3 Å². The zero-order valence-electron chi connectivity index (χ0n) is 11.5. The average molecular weight is 303 g/mol. The van der Waals surface area contributed by atoms with Crippen molar-refractivity contribution in [2.75, 3.05) is 0 Å². The van der Waals surface area contributed by atoms with E-state index < -0.39 is 0 Å². The molecule has 0 radical (unpaired) electrons. The van der Waals surface area contributed by atoms with Crippen LogP contribution in [-0.2, 0) is 13.0 Å². The fourth-order valence-electron chi connectivity index (χ4n) is 2.11. The molecule has 0 aliphatic heterocycles. The van der Waals surface area contributed by atoms with Gasteiger partial charge >= 0.3 is 0 Å². The summed E-state index contributed by atoms with van der Waals surface area (Å²) < 4.78 is 14.7. The van der Waals surface area contributed by atoms with Gasteiger partial charge in [0.05, 0.1) is 17.1 Å². The molecule has 2 heterocycles. The molecular formula is C14H14FN5S. The summed E-state index contributed by atoms with van der Waals surface area (Å²) in [4.78, 5) is 4.55. The Balaban J connectivity index is 1.98. The molecule has 0 fully saturated rings. The summed E-state index contributed by atoms with van der Waals surface area (Å²) in [7, 11) is 0. The minimum absolute atomic E-state index is 0.258. The number of aromatic nitrogens is 4. The van der Waals surface area contributed by atoms with Crippen LogP contribution in [0.4, 0.5) is 4.39 Å². The predicted octanol–water partition coefficient (Wildman–Crippen LogP) is 2.55. The van der Waals surface area contributed by atoms with Crippen molar-refractivity contribution in [2.45, 2.75) is 19.9 Å². The molecule has 21 heavy (non-hydrogen) atoms. The normalized spacial score (nSPS) is 11.0. The standard InChI is InChI=1S/C14H14FN5S/c1-2-13-11(7-16)18-19-20(13)14-17-12(8-21-14)9-3-5-10(15)6-4-9/h3-6,8H,2,7,16H2,1H3. The molecule has 0 unspecified atom stereocenters. The second-order valence-corrected chi connectivity index (χ2v) is 5.31. The summed E-state index contributed by atoms with van der Waals surface area (Å²) in [6.07, 6.45) is 0.783. The first kappa shape index (κ1) is 13.8. The zero-order chi connectivity index (χ0) is 14.8. The Hall–Kier alpha value is -2.12. The highest BCUT2D eigenvalue weighted by Crippen LogP contribution is 2.25. The van der Waals surface area contributed by atoms with Crippen LogP contribution in [0.5, 0.6) is 0 Å². The molecule has 2 aromatic heterocycles. The Kier molecular flexibility index (Phi) is 3.76. The van der Waals surface area contributed by atoms with E-state index in [-0.39, 0.29) is 5.82 Å². The van der Waals surface area contributed by atoms with Gasteiger partial charge in [0.25, 0.3) is 0 Å². The second kappa shape index (κ2) is 5.71. The minimum Gasteiger partial charge on any atom is -0.325 e. The largest absolute Gasteiger partial charge is 0.325 e. The van der Waals surface area contributed by atoms with Crippen molar-refractivity contribution in [2.24, 2.45) is 5.73 Å². The molecule has 3 rings (SSSR count). The Morgan fingerprint density at radius 2 is 2.05 bits per heavy atom. The van der Waals surface area contributed by atoms with Crippen molar-refractivity contribution < 1.29 is 4.39 Å². The molecule has 108 valence electrons. The van der Waals surface area contributed by atoms with Gasteiger partial charge in [0, 0.05) is 17.5 Å². The Labute approximate surface area is 125 Å². The van der Waals surface area contributed by atoms with E-state index in [1.54, 1.807) is 16.8 Å². The van der Waals surface area contributed by atoms with Crippen LogP contribution in [0.15, 0.2) is 29.6 Å². The van der Waals surface area contributed by atoms with Gasteiger partial charge in [0.1, 0.15) is 5.82 Å². The number of nitrogens with zero attached hydrogens (tertiary/aromatic N) is 4. The highest BCUT2D eigenvalue weighted by molar-refractivity contribution is 7.12. The third-order valence-corrected chi connectivity index (χ3v) is 4.00. The quantitative estimate of drug-likeness (QED) is 0.804. The smallest absolute Gasteiger partial charge is 0.212 e. The Morgan fingerprint density at radius 3 is 2.71 bits per heavy atom. The van der Waals surface area contributed by atoms with Crippen LogP contribution in [0.25, 0.3) is 16.4 Å². The van der Waals surface area contributed by atoms with E-state index in [4.69, 9.17) is 5.73 Å². The van der Waals surface area contributed by atoms with Gasteiger partial charge in [0.15, 0.2) is 0 Å². The first-order valence-electron chi connectivity index (χ1n) is 6.58. The topological polar surface area (TPSA) is 69.6 Å². The average Bonchev–Trinajstić information content (AvgIpc) is 3.13. The summed E-state index contributed by atoms with van der Waals surface area (Å²) in [5.41, 5.74) is 9.08. The van der Waals surface area contributed by atoms with Crippen molar-refractivity contribution in [3.05, 3.63) is 46.9 Å². The first-order chi connectivity index (χ1) is 10.2. The van der Waals surface area contributed by atoms with E-state index in [1.165, 1.54) is 23.5 Å². The number of hydrogen-bond acceptors (Lipinski definition) is 5. The molecule has 0 saturated heterocycles. The maximum Gasteiger partial charge on any atom is 0.212 e. The van der Waals surface area contributed by atoms with Gasteiger partial charge in [0.2, 0.25) is 5.13 Å². The lowest BCUT2D eigenvalue weighted by atomic mass is 10.2. The molecule has 0 aliphatic carbocycles. The molecule has 2 N–H and O–H groups in total. The molecule has 0 aliphatic rings. The fraction of sp³-hybridized carbons (Fsp3) is 0.214.